The van der Waals surface area contributed by atoms with Gasteiger partial charge in [-0.2, -0.15) is 0 Å². The van der Waals surface area contributed by atoms with Crippen molar-refractivity contribution in [1.29, 1.82) is 0 Å². The molecule has 2 spiro atoms. The van der Waals surface area contributed by atoms with Crippen molar-refractivity contribution in [2.75, 3.05) is 0 Å². The molecule has 2 N–H and O–H groups in total. The van der Waals surface area contributed by atoms with Crippen LogP contribution >= 0.6 is 0 Å². The molecule has 4 rings (SSSR count). The second kappa shape index (κ2) is 3.70. The highest BCUT2D eigenvalue weighted by atomic mass is 16.7. The molecule has 1 saturated carbocycles. The molecule has 1 aliphatic carbocycles. The lowest BCUT2D eigenvalue weighted by Gasteiger charge is -2.49. The van der Waals surface area contributed by atoms with Crippen LogP contribution in [0.4, 0.5) is 0 Å². The largest absolute Gasteiger partial charge is 0.461 e. The summed E-state index contributed by atoms with van der Waals surface area (Å²) in [5.74, 6) is -2.36. The topological polar surface area (TPSA) is 119 Å². The van der Waals surface area contributed by atoms with E-state index in [9.17, 15) is 24.6 Å². The van der Waals surface area contributed by atoms with Crippen LogP contribution in [0.15, 0.2) is 0 Å². The molecular formula is C15H18O8. The minimum atomic E-state index is -1.78. The van der Waals surface area contributed by atoms with E-state index in [2.05, 4.69) is 0 Å². The van der Waals surface area contributed by atoms with Crippen molar-refractivity contribution in [3.05, 3.63) is 0 Å². The summed E-state index contributed by atoms with van der Waals surface area (Å²) in [6.45, 7) is 5.19. The van der Waals surface area contributed by atoms with Crippen molar-refractivity contribution in [3.63, 3.8) is 0 Å². The van der Waals surface area contributed by atoms with Crippen molar-refractivity contribution in [1.82, 2.24) is 0 Å². The van der Waals surface area contributed by atoms with Crippen LogP contribution in [-0.2, 0) is 28.6 Å². The van der Waals surface area contributed by atoms with Gasteiger partial charge in [0.2, 0.25) is 0 Å². The highest BCUT2D eigenvalue weighted by Gasteiger charge is 2.92. The van der Waals surface area contributed by atoms with Gasteiger partial charge in [0.05, 0.1) is 12.0 Å². The summed E-state index contributed by atoms with van der Waals surface area (Å²) in [4.78, 5) is 36.5. The van der Waals surface area contributed by atoms with E-state index in [4.69, 9.17) is 14.2 Å². The number of carbonyl (C=O) groups is 3. The SMILES string of the molecule is CC(C)(C)[C@]1(O)C[C@@H]2OC(=O)C[C@]23C(=O)O[C@@H]2OC(=O)[C@H](O)[C@]231. The monoisotopic (exact) mass is 326 g/mol. The molecule has 0 amide bonds. The molecule has 0 aromatic rings. The van der Waals surface area contributed by atoms with Crippen LogP contribution in [0, 0.1) is 16.2 Å². The number of ether oxygens (including phenoxy) is 3. The van der Waals surface area contributed by atoms with E-state index < -0.39 is 58.3 Å². The van der Waals surface area contributed by atoms with Crippen LogP contribution in [0.25, 0.3) is 0 Å². The Labute approximate surface area is 131 Å². The number of aliphatic hydroxyl groups excluding tert-OH is 1. The fraction of sp³-hybridized carbons (Fsp3) is 0.800. The molecule has 0 aromatic carbocycles. The third-order valence-corrected chi connectivity index (χ3v) is 6.22. The molecule has 23 heavy (non-hydrogen) atoms. The maximum atomic E-state index is 12.6. The Kier molecular flexibility index (Phi) is 2.39. The Morgan fingerprint density at radius 1 is 1.13 bits per heavy atom. The minimum Gasteiger partial charge on any atom is -0.461 e. The first-order valence-corrected chi connectivity index (χ1v) is 7.54. The van der Waals surface area contributed by atoms with Crippen molar-refractivity contribution in [2.24, 2.45) is 16.2 Å². The van der Waals surface area contributed by atoms with Crippen LogP contribution in [0.5, 0.6) is 0 Å². The normalized spacial score (nSPS) is 51.0. The summed E-state index contributed by atoms with van der Waals surface area (Å²) in [6, 6.07) is 0. The third-order valence-electron chi connectivity index (χ3n) is 6.22. The fourth-order valence-corrected chi connectivity index (χ4v) is 5.15. The van der Waals surface area contributed by atoms with Crippen molar-refractivity contribution < 1.29 is 38.8 Å². The van der Waals surface area contributed by atoms with Crippen LogP contribution in [0.2, 0.25) is 0 Å². The van der Waals surface area contributed by atoms with E-state index in [-0.39, 0.29) is 12.8 Å². The maximum absolute atomic E-state index is 12.6. The van der Waals surface area contributed by atoms with Gasteiger partial charge in [-0.05, 0) is 5.41 Å². The maximum Gasteiger partial charge on any atom is 0.339 e. The number of carbonyl (C=O) groups excluding carboxylic acids is 3. The summed E-state index contributed by atoms with van der Waals surface area (Å²) >= 11 is 0. The number of rotatable bonds is 0. The van der Waals surface area contributed by atoms with Crippen molar-refractivity contribution >= 4 is 17.9 Å². The first kappa shape index (κ1) is 14.9. The zero-order valence-electron chi connectivity index (χ0n) is 13.0. The van der Waals surface area contributed by atoms with Gasteiger partial charge in [0.25, 0.3) is 6.29 Å². The first-order valence-electron chi connectivity index (χ1n) is 7.54. The van der Waals surface area contributed by atoms with Crippen LogP contribution in [0.3, 0.4) is 0 Å². The van der Waals surface area contributed by atoms with E-state index >= 15 is 0 Å². The lowest BCUT2D eigenvalue weighted by molar-refractivity contribution is -0.224. The Morgan fingerprint density at radius 2 is 1.78 bits per heavy atom. The van der Waals surface area contributed by atoms with Gasteiger partial charge >= 0.3 is 17.9 Å². The molecule has 6 atom stereocenters. The lowest BCUT2D eigenvalue weighted by atomic mass is 9.52. The standard InChI is InChI=1S/C15H18O8/c1-12(2,3)14(20)4-6-13(5-7(16)21-6)10(19)23-11-15(13,14)8(17)9(18)22-11/h6,8,11,17,20H,4-5H2,1-3H3/t6-,8-,11-,13+,14+,15-/m0/s1. The van der Waals surface area contributed by atoms with E-state index in [0.29, 0.717) is 0 Å². The fourth-order valence-electron chi connectivity index (χ4n) is 5.15. The quantitative estimate of drug-likeness (QED) is 0.558. The van der Waals surface area contributed by atoms with Gasteiger partial charge < -0.3 is 24.4 Å². The highest BCUT2D eigenvalue weighted by molar-refractivity contribution is 5.94. The van der Waals surface area contributed by atoms with Gasteiger partial charge in [-0.25, -0.2) is 4.79 Å². The molecule has 4 fully saturated rings. The lowest BCUT2D eigenvalue weighted by Crippen LogP contribution is -2.65. The highest BCUT2D eigenvalue weighted by Crippen LogP contribution is 2.75. The zero-order valence-corrected chi connectivity index (χ0v) is 13.0. The van der Waals surface area contributed by atoms with Gasteiger partial charge in [0, 0.05) is 6.42 Å². The number of hydrogen-bond donors (Lipinski definition) is 2. The molecule has 0 unspecified atom stereocenters. The molecule has 0 aromatic heterocycles. The van der Waals surface area contributed by atoms with Gasteiger partial charge in [-0.1, -0.05) is 20.8 Å². The third kappa shape index (κ3) is 1.20. The van der Waals surface area contributed by atoms with E-state index in [1.807, 2.05) is 0 Å². The number of hydrogen-bond acceptors (Lipinski definition) is 8. The molecule has 3 heterocycles. The summed E-state index contributed by atoms with van der Waals surface area (Å²) in [6.07, 6.45) is -4.58. The molecule has 8 nitrogen and oxygen atoms in total. The van der Waals surface area contributed by atoms with Crippen molar-refractivity contribution in [2.45, 2.75) is 57.7 Å². The van der Waals surface area contributed by atoms with Gasteiger partial charge in [-0.15, -0.1) is 0 Å². The first-order chi connectivity index (χ1) is 10.5. The Hall–Kier alpha value is -1.67. The Bertz CT molecular complexity index is 650. The second-order valence-electron chi connectivity index (χ2n) is 7.89. The van der Waals surface area contributed by atoms with Crippen LogP contribution < -0.4 is 0 Å². The smallest absolute Gasteiger partial charge is 0.339 e. The Balaban J connectivity index is 2.05. The average Bonchev–Trinajstić information content (AvgIpc) is 3.00. The summed E-state index contributed by atoms with van der Waals surface area (Å²) in [7, 11) is 0. The summed E-state index contributed by atoms with van der Waals surface area (Å²) in [5, 5.41) is 22.2. The second-order valence-corrected chi connectivity index (χ2v) is 7.89. The molecule has 126 valence electrons. The molecule has 4 aliphatic rings. The summed E-state index contributed by atoms with van der Waals surface area (Å²) in [5.41, 5.74) is -5.91. The molecule has 0 bridgehead atoms. The minimum absolute atomic E-state index is 0.0679. The Morgan fingerprint density at radius 3 is 2.39 bits per heavy atom. The molecule has 3 saturated heterocycles. The predicted octanol–water partition coefficient (Wildman–Crippen LogP) is -0.744. The number of aliphatic hydroxyl groups is 2. The van der Waals surface area contributed by atoms with Gasteiger partial charge in [-0.3, -0.25) is 9.59 Å². The van der Waals surface area contributed by atoms with Crippen LogP contribution in [0.1, 0.15) is 33.6 Å². The van der Waals surface area contributed by atoms with Crippen LogP contribution in [-0.4, -0.2) is 52.2 Å². The van der Waals surface area contributed by atoms with Gasteiger partial charge in [0.15, 0.2) is 6.10 Å². The molecule has 3 aliphatic heterocycles. The van der Waals surface area contributed by atoms with E-state index in [1.165, 1.54) is 0 Å². The van der Waals surface area contributed by atoms with E-state index in [1.54, 1.807) is 20.8 Å². The molecule has 8 heteroatoms. The predicted molar refractivity (Wildman–Crippen MR) is 70.4 cm³/mol. The number of esters is 3. The van der Waals surface area contributed by atoms with E-state index in [0.717, 1.165) is 0 Å². The molecular weight excluding hydrogens is 308 g/mol. The van der Waals surface area contributed by atoms with Crippen molar-refractivity contribution in [3.8, 4) is 0 Å². The van der Waals surface area contributed by atoms with Gasteiger partial charge in [0.1, 0.15) is 16.9 Å². The zero-order chi connectivity index (χ0) is 17.0. The summed E-state index contributed by atoms with van der Waals surface area (Å²) < 4.78 is 15.5. The molecule has 0 radical (unpaired) electrons. The average molecular weight is 326 g/mol.